The number of urea groups is 1. The maximum atomic E-state index is 12.8. The maximum absolute atomic E-state index is 12.8. The molecule has 0 spiro atoms. The number of ether oxygens (including phenoxy) is 4. The molecular formula is C25H31N3O6. The molecule has 2 amide bonds. The lowest BCUT2D eigenvalue weighted by Crippen LogP contribution is -2.48. The van der Waals surface area contributed by atoms with Crippen molar-refractivity contribution in [2.24, 2.45) is 0 Å². The van der Waals surface area contributed by atoms with Gasteiger partial charge in [0, 0.05) is 12.2 Å². The highest BCUT2D eigenvalue weighted by molar-refractivity contribution is 5.95. The quantitative estimate of drug-likeness (QED) is 0.343. The topological polar surface area (TPSA) is 107 Å². The van der Waals surface area contributed by atoms with Gasteiger partial charge in [-0.25, -0.2) is 9.59 Å². The summed E-state index contributed by atoms with van der Waals surface area (Å²) in [5, 5.41) is 8.90. The summed E-state index contributed by atoms with van der Waals surface area (Å²) in [4.78, 5) is 25.2. The Morgan fingerprint density at radius 2 is 1.71 bits per heavy atom. The van der Waals surface area contributed by atoms with Crippen molar-refractivity contribution in [1.82, 2.24) is 16.0 Å². The van der Waals surface area contributed by atoms with Crippen LogP contribution >= 0.6 is 0 Å². The fraction of sp³-hybridized carbons (Fsp3) is 0.360. The Morgan fingerprint density at radius 3 is 2.29 bits per heavy atom. The molecule has 1 heterocycles. The molecule has 2 aromatic carbocycles. The molecule has 9 nitrogen and oxygen atoms in total. The lowest BCUT2D eigenvalue weighted by atomic mass is 9.95. The molecule has 3 N–H and O–H groups in total. The highest BCUT2D eigenvalue weighted by atomic mass is 16.5. The minimum Gasteiger partial charge on any atom is -0.493 e. The molecule has 34 heavy (non-hydrogen) atoms. The van der Waals surface area contributed by atoms with Crippen molar-refractivity contribution in [3.8, 4) is 17.2 Å². The van der Waals surface area contributed by atoms with E-state index in [2.05, 4.69) is 16.0 Å². The Balaban J connectivity index is 1.77. The van der Waals surface area contributed by atoms with E-state index in [1.807, 2.05) is 42.5 Å². The van der Waals surface area contributed by atoms with Crippen LogP contribution in [0.2, 0.25) is 0 Å². The van der Waals surface area contributed by atoms with Gasteiger partial charge < -0.3 is 34.9 Å². The number of rotatable bonds is 11. The van der Waals surface area contributed by atoms with Crippen LogP contribution in [0.5, 0.6) is 17.2 Å². The molecule has 0 unspecified atom stereocenters. The van der Waals surface area contributed by atoms with E-state index in [0.29, 0.717) is 41.5 Å². The molecular weight excluding hydrogens is 438 g/mol. The molecule has 0 fully saturated rings. The second-order valence-corrected chi connectivity index (χ2v) is 7.52. The summed E-state index contributed by atoms with van der Waals surface area (Å²) < 4.78 is 21.5. The molecule has 1 atom stereocenters. The van der Waals surface area contributed by atoms with E-state index in [9.17, 15) is 9.59 Å². The summed E-state index contributed by atoms with van der Waals surface area (Å²) in [6.45, 7) is 2.85. The van der Waals surface area contributed by atoms with E-state index in [-0.39, 0.29) is 19.2 Å². The van der Waals surface area contributed by atoms with Crippen LogP contribution in [0.1, 0.15) is 24.1 Å². The minimum absolute atomic E-state index is 0.236. The lowest BCUT2D eigenvalue weighted by Gasteiger charge is -2.29. The molecule has 9 heteroatoms. The van der Waals surface area contributed by atoms with Crippen molar-refractivity contribution in [2.75, 3.05) is 41.0 Å². The normalized spacial score (nSPS) is 15.3. The van der Waals surface area contributed by atoms with Gasteiger partial charge in [-0.3, -0.25) is 0 Å². The molecule has 0 saturated heterocycles. The third-order valence-corrected chi connectivity index (χ3v) is 5.40. The summed E-state index contributed by atoms with van der Waals surface area (Å²) in [5.41, 5.74) is 2.65. The predicted octanol–water partition coefficient (Wildman–Crippen LogP) is 2.72. The van der Waals surface area contributed by atoms with E-state index < -0.39 is 12.0 Å². The molecule has 0 bridgehead atoms. The molecule has 0 aliphatic carbocycles. The van der Waals surface area contributed by atoms with Crippen LogP contribution in [0.15, 0.2) is 53.7 Å². The first-order valence-corrected chi connectivity index (χ1v) is 11.0. The van der Waals surface area contributed by atoms with E-state index in [4.69, 9.17) is 18.9 Å². The van der Waals surface area contributed by atoms with Crippen LogP contribution in [0, 0.1) is 0 Å². The first-order chi connectivity index (χ1) is 16.5. The fourth-order valence-electron chi connectivity index (χ4n) is 3.83. The van der Waals surface area contributed by atoms with Gasteiger partial charge in [0.15, 0.2) is 11.5 Å². The number of carbonyl (C=O) groups is 2. The molecule has 0 aromatic heterocycles. The number of methoxy groups -OCH3 is 3. The van der Waals surface area contributed by atoms with Crippen molar-refractivity contribution >= 4 is 12.0 Å². The number of esters is 1. The zero-order valence-electron chi connectivity index (χ0n) is 19.9. The summed E-state index contributed by atoms with van der Waals surface area (Å²) in [7, 11) is 4.71. The standard InChI is InChI=1S/C25H31N3O6/c1-5-34-24(29)21-18(27-25(30)28-22(21)17-9-7-6-8-10-17)15-26-12-11-16-13-19(31-2)23(33-4)20(14-16)32-3/h6-10,13-14,22,26H,5,11-12,15H2,1-4H3,(H2,27,28,30)/t22-/m0/s1. The van der Waals surface area contributed by atoms with Crippen LogP contribution < -0.4 is 30.2 Å². The zero-order chi connectivity index (χ0) is 24.5. The highest BCUT2D eigenvalue weighted by Crippen LogP contribution is 2.38. The molecule has 2 aromatic rings. The molecule has 0 radical (unpaired) electrons. The average Bonchev–Trinajstić information content (AvgIpc) is 2.86. The van der Waals surface area contributed by atoms with Gasteiger partial charge in [0.1, 0.15) is 0 Å². The van der Waals surface area contributed by atoms with Crippen molar-refractivity contribution < 1.29 is 28.5 Å². The minimum atomic E-state index is -0.596. The Hall–Kier alpha value is -3.72. The number of hydrogen-bond donors (Lipinski definition) is 3. The second kappa shape index (κ2) is 11.9. The molecule has 1 aliphatic rings. The van der Waals surface area contributed by atoms with Crippen LogP contribution in [0.4, 0.5) is 4.79 Å². The lowest BCUT2D eigenvalue weighted by molar-refractivity contribution is -0.139. The summed E-state index contributed by atoms with van der Waals surface area (Å²) >= 11 is 0. The van der Waals surface area contributed by atoms with Gasteiger partial charge in [0.25, 0.3) is 0 Å². The Bertz CT molecular complexity index is 1010. The van der Waals surface area contributed by atoms with Crippen molar-refractivity contribution in [1.29, 1.82) is 0 Å². The smallest absolute Gasteiger partial charge is 0.338 e. The van der Waals surface area contributed by atoms with E-state index in [0.717, 1.165) is 11.1 Å². The van der Waals surface area contributed by atoms with Crippen molar-refractivity contribution in [2.45, 2.75) is 19.4 Å². The third kappa shape index (κ3) is 5.79. The zero-order valence-corrected chi connectivity index (χ0v) is 19.9. The van der Waals surface area contributed by atoms with Crippen LogP contribution in [0.25, 0.3) is 0 Å². The maximum Gasteiger partial charge on any atom is 0.338 e. The summed E-state index contributed by atoms with van der Waals surface area (Å²) in [5.74, 6) is 1.24. The predicted molar refractivity (Wildman–Crippen MR) is 127 cm³/mol. The largest absolute Gasteiger partial charge is 0.493 e. The average molecular weight is 470 g/mol. The van der Waals surface area contributed by atoms with Gasteiger partial charge >= 0.3 is 12.0 Å². The number of carbonyl (C=O) groups excluding carboxylic acids is 2. The first-order valence-electron chi connectivity index (χ1n) is 11.0. The highest BCUT2D eigenvalue weighted by Gasteiger charge is 2.33. The number of amides is 2. The van der Waals surface area contributed by atoms with Crippen molar-refractivity contribution in [3.05, 3.63) is 64.9 Å². The van der Waals surface area contributed by atoms with Gasteiger partial charge in [-0.1, -0.05) is 30.3 Å². The van der Waals surface area contributed by atoms with Gasteiger partial charge in [0.05, 0.1) is 39.6 Å². The molecule has 1 aliphatic heterocycles. The third-order valence-electron chi connectivity index (χ3n) is 5.40. The second-order valence-electron chi connectivity index (χ2n) is 7.52. The van der Waals surface area contributed by atoms with E-state index in [1.165, 1.54) is 0 Å². The Labute approximate surface area is 199 Å². The Kier molecular flexibility index (Phi) is 8.75. The van der Waals surface area contributed by atoms with Crippen LogP contribution in [-0.4, -0.2) is 53.0 Å². The molecule has 0 saturated carbocycles. The molecule has 182 valence electrons. The number of nitrogens with one attached hydrogen (secondary N) is 3. The van der Waals surface area contributed by atoms with Crippen LogP contribution in [0.3, 0.4) is 0 Å². The fourth-order valence-corrected chi connectivity index (χ4v) is 3.83. The SMILES string of the molecule is CCOC(=O)C1=C(CNCCc2cc(OC)c(OC)c(OC)c2)NC(=O)N[C@H]1c1ccccc1. The van der Waals surface area contributed by atoms with E-state index in [1.54, 1.807) is 28.3 Å². The molecule has 3 rings (SSSR count). The van der Waals surface area contributed by atoms with Gasteiger partial charge in [-0.05, 0) is 43.1 Å². The monoisotopic (exact) mass is 469 g/mol. The van der Waals surface area contributed by atoms with Gasteiger partial charge in [-0.2, -0.15) is 0 Å². The van der Waals surface area contributed by atoms with Gasteiger partial charge in [-0.15, -0.1) is 0 Å². The Morgan fingerprint density at radius 1 is 1.03 bits per heavy atom. The summed E-state index contributed by atoms with van der Waals surface area (Å²) in [6, 6.07) is 12.2. The van der Waals surface area contributed by atoms with Crippen molar-refractivity contribution in [3.63, 3.8) is 0 Å². The number of hydrogen-bond acceptors (Lipinski definition) is 7. The van der Waals surface area contributed by atoms with Gasteiger partial charge in [0.2, 0.25) is 5.75 Å². The van der Waals surface area contributed by atoms with Crippen LogP contribution in [-0.2, 0) is 16.0 Å². The number of benzene rings is 2. The van der Waals surface area contributed by atoms with E-state index >= 15 is 0 Å². The summed E-state index contributed by atoms with van der Waals surface area (Å²) in [6.07, 6.45) is 0.660. The first kappa shape index (κ1) is 24.9.